The quantitative estimate of drug-likeness (QED) is 0.252. The minimum Gasteiger partial charge on any atom is -0.457 e. The molecule has 1 fully saturated rings. The lowest BCUT2D eigenvalue weighted by Crippen LogP contribution is -2.30. The molecule has 0 aliphatic carbocycles. The smallest absolute Gasteiger partial charge is 0.174 e. The summed E-state index contributed by atoms with van der Waals surface area (Å²) in [7, 11) is 0. The zero-order valence-corrected chi connectivity index (χ0v) is 20.6. The molecule has 2 atom stereocenters. The standard InChI is InChI=1S/C30H23FN4OS/c31-21-8-6-9-23(20-21)34-19-7-13-27(34)29-28(26-12-4-5-18-32-26)33-30(37)35(29)22-14-16-25(17-15-22)36-24-10-2-1-3-11-24/h1-20,28-29H,(H,33,37)/t28-,29-/m1/s1. The van der Waals surface area contributed by atoms with E-state index in [4.69, 9.17) is 17.0 Å². The summed E-state index contributed by atoms with van der Waals surface area (Å²) in [5.74, 6) is 1.22. The summed E-state index contributed by atoms with van der Waals surface area (Å²) in [5.41, 5.74) is 3.48. The van der Waals surface area contributed by atoms with Crippen molar-refractivity contribution in [1.82, 2.24) is 14.9 Å². The highest BCUT2D eigenvalue weighted by atomic mass is 32.1. The van der Waals surface area contributed by atoms with Crippen LogP contribution in [-0.2, 0) is 0 Å². The van der Waals surface area contributed by atoms with Gasteiger partial charge in [-0.3, -0.25) is 4.98 Å². The first-order chi connectivity index (χ1) is 18.2. The first-order valence-corrected chi connectivity index (χ1v) is 12.3. The molecule has 0 saturated carbocycles. The molecule has 0 unspecified atom stereocenters. The number of rotatable bonds is 6. The number of nitrogens with one attached hydrogen (secondary N) is 1. The van der Waals surface area contributed by atoms with Gasteiger partial charge in [-0.25, -0.2) is 4.39 Å². The van der Waals surface area contributed by atoms with Gasteiger partial charge >= 0.3 is 0 Å². The van der Waals surface area contributed by atoms with Gasteiger partial charge in [0.25, 0.3) is 0 Å². The molecule has 37 heavy (non-hydrogen) atoms. The van der Waals surface area contributed by atoms with Crippen LogP contribution in [0.25, 0.3) is 5.69 Å². The van der Waals surface area contributed by atoms with Gasteiger partial charge in [-0.1, -0.05) is 30.3 Å². The summed E-state index contributed by atoms with van der Waals surface area (Å²) in [6.45, 7) is 0. The molecule has 1 N–H and O–H groups in total. The van der Waals surface area contributed by atoms with Crippen molar-refractivity contribution in [2.75, 3.05) is 4.90 Å². The van der Waals surface area contributed by atoms with Crippen LogP contribution in [-0.4, -0.2) is 14.7 Å². The van der Waals surface area contributed by atoms with E-state index in [1.54, 1.807) is 12.3 Å². The number of benzene rings is 3. The highest BCUT2D eigenvalue weighted by Crippen LogP contribution is 2.42. The number of thiocarbonyl (C=S) groups is 1. The third-order valence-electron chi connectivity index (χ3n) is 6.36. The zero-order valence-electron chi connectivity index (χ0n) is 19.7. The van der Waals surface area contributed by atoms with E-state index in [9.17, 15) is 4.39 Å². The van der Waals surface area contributed by atoms with E-state index in [2.05, 4.69) is 15.2 Å². The van der Waals surface area contributed by atoms with Crippen LogP contribution in [0.15, 0.2) is 122 Å². The van der Waals surface area contributed by atoms with Crippen molar-refractivity contribution in [2.24, 2.45) is 0 Å². The largest absolute Gasteiger partial charge is 0.457 e. The van der Waals surface area contributed by atoms with E-state index < -0.39 is 0 Å². The number of anilines is 1. The Kier molecular flexibility index (Phi) is 6.12. The molecule has 3 aromatic carbocycles. The Morgan fingerprint density at radius 1 is 0.784 bits per heavy atom. The Labute approximate surface area is 219 Å². The molecular weight excluding hydrogens is 483 g/mol. The summed E-state index contributed by atoms with van der Waals surface area (Å²) < 4.78 is 22.1. The summed E-state index contributed by atoms with van der Waals surface area (Å²) in [6, 6.07) is 33.5. The number of pyridine rings is 1. The van der Waals surface area contributed by atoms with E-state index in [0.717, 1.165) is 34.3 Å². The second kappa shape index (κ2) is 9.87. The Hall–Kier alpha value is -4.49. The SMILES string of the molecule is Fc1cccc(-n2cccc2[C@@H]2[C@@H](c3ccccn3)NC(=S)N2c2ccc(Oc3ccccc3)cc2)c1. The minimum atomic E-state index is -0.288. The lowest BCUT2D eigenvalue weighted by atomic mass is 10.0. The maximum absolute atomic E-state index is 14.1. The van der Waals surface area contributed by atoms with Gasteiger partial charge in [0.1, 0.15) is 23.4 Å². The van der Waals surface area contributed by atoms with E-state index in [0.29, 0.717) is 5.11 Å². The van der Waals surface area contributed by atoms with E-state index >= 15 is 0 Å². The topological polar surface area (TPSA) is 42.3 Å². The second-order valence-electron chi connectivity index (χ2n) is 8.69. The van der Waals surface area contributed by atoms with Crippen LogP contribution in [0, 0.1) is 5.82 Å². The van der Waals surface area contributed by atoms with Crippen molar-refractivity contribution >= 4 is 23.0 Å². The summed E-state index contributed by atoms with van der Waals surface area (Å²) in [5, 5.41) is 4.07. The molecule has 1 aliphatic rings. The van der Waals surface area contributed by atoms with Crippen LogP contribution in [0.4, 0.5) is 10.1 Å². The van der Waals surface area contributed by atoms with Crippen molar-refractivity contribution in [3.8, 4) is 17.2 Å². The van der Waals surface area contributed by atoms with Gasteiger partial charge in [-0.05, 0) is 91.1 Å². The molecule has 1 saturated heterocycles. The van der Waals surface area contributed by atoms with Gasteiger partial charge in [0, 0.05) is 29.5 Å². The van der Waals surface area contributed by atoms with Crippen LogP contribution >= 0.6 is 12.2 Å². The normalized spacial score (nSPS) is 17.0. The van der Waals surface area contributed by atoms with Gasteiger partial charge in [0.2, 0.25) is 0 Å². The first-order valence-electron chi connectivity index (χ1n) is 11.9. The molecule has 0 radical (unpaired) electrons. The molecule has 7 heteroatoms. The Morgan fingerprint density at radius 2 is 1.57 bits per heavy atom. The average molecular weight is 507 g/mol. The minimum absolute atomic E-state index is 0.212. The summed E-state index contributed by atoms with van der Waals surface area (Å²) >= 11 is 5.86. The van der Waals surface area contributed by atoms with Crippen LogP contribution < -0.4 is 15.0 Å². The predicted molar refractivity (Wildman–Crippen MR) is 147 cm³/mol. The Balaban J connectivity index is 1.41. The number of para-hydroxylation sites is 1. The number of aromatic nitrogens is 2. The molecule has 5 nitrogen and oxygen atoms in total. The number of halogens is 1. The molecular formula is C30H23FN4OS. The maximum Gasteiger partial charge on any atom is 0.174 e. The van der Waals surface area contributed by atoms with Crippen molar-refractivity contribution < 1.29 is 9.13 Å². The molecule has 6 rings (SSSR count). The number of ether oxygens (including phenoxy) is 1. The van der Waals surface area contributed by atoms with Gasteiger partial charge in [-0.2, -0.15) is 0 Å². The molecule has 0 bridgehead atoms. The van der Waals surface area contributed by atoms with Crippen molar-refractivity contribution in [2.45, 2.75) is 12.1 Å². The van der Waals surface area contributed by atoms with Crippen molar-refractivity contribution in [3.05, 3.63) is 139 Å². The van der Waals surface area contributed by atoms with Gasteiger partial charge in [-0.15, -0.1) is 0 Å². The molecule has 3 heterocycles. The van der Waals surface area contributed by atoms with Crippen molar-refractivity contribution in [1.29, 1.82) is 0 Å². The lowest BCUT2D eigenvalue weighted by Gasteiger charge is -2.29. The Bertz CT molecular complexity index is 1520. The van der Waals surface area contributed by atoms with E-state index in [1.807, 2.05) is 102 Å². The second-order valence-corrected chi connectivity index (χ2v) is 9.08. The third-order valence-corrected chi connectivity index (χ3v) is 6.68. The van der Waals surface area contributed by atoms with Crippen LogP contribution in [0.1, 0.15) is 23.5 Å². The fourth-order valence-corrected chi connectivity index (χ4v) is 5.08. The molecule has 1 aliphatic heterocycles. The number of hydrogen-bond donors (Lipinski definition) is 1. The number of hydrogen-bond acceptors (Lipinski definition) is 3. The van der Waals surface area contributed by atoms with Crippen LogP contribution in [0.3, 0.4) is 0 Å². The van der Waals surface area contributed by atoms with Crippen LogP contribution in [0.2, 0.25) is 0 Å². The number of nitrogens with zero attached hydrogens (tertiary/aromatic N) is 3. The first kappa shape index (κ1) is 22.9. The highest BCUT2D eigenvalue weighted by Gasteiger charge is 2.42. The fraction of sp³-hybridized carbons (Fsp3) is 0.0667. The van der Waals surface area contributed by atoms with Gasteiger partial charge < -0.3 is 19.5 Å². The van der Waals surface area contributed by atoms with E-state index in [-0.39, 0.29) is 17.9 Å². The maximum atomic E-state index is 14.1. The molecule has 5 aromatic rings. The van der Waals surface area contributed by atoms with E-state index in [1.165, 1.54) is 12.1 Å². The van der Waals surface area contributed by atoms with Gasteiger partial charge in [0.05, 0.1) is 11.7 Å². The third kappa shape index (κ3) is 4.57. The average Bonchev–Trinajstić information content (AvgIpc) is 3.55. The fourth-order valence-electron chi connectivity index (χ4n) is 4.73. The highest BCUT2D eigenvalue weighted by molar-refractivity contribution is 7.80. The molecule has 0 spiro atoms. The zero-order chi connectivity index (χ0) is 25.2. The lowest BCUT2D eigenvalue weighted by molar-refractivity contribution is 0.482. The molecule has 2 aromatic heterocycles. The van der Waals surface area contributed by atoms with Crippen LogP contribution in [0.5, 0.6) is 11.5 Å². The molecule has 182 valence electrons. The van der Waals surface area contributed by atoms with Gasteiger partial charge in [0.15, 0.2) is 5.11 Å². The summed E-state index contributed by atoms with van der Waals surface area (Å²) in [6.07, 6.45) is 3.72. The summed E-state index contributed by atoms with van der Waals surface area (Å²) in [4.78, 5) is 6.71. The molecule has 0 amide bonds. The monoisotopic (exact) mass is 506 g/mol. The van der Waals surface area contributed by atoms with Crippen molar-refractivity contribution in [3.63, 3.8) is 0 Å². The Morgan fingerprint density at radius 3 is 2.32 bits per heavy atom. The predicted octanol–water partition coefficient (Wildman–Crippen LogP) is 6.98.